The molecule has 6 heteroatoms. The summed E-state index contributed by atoms with van der Waals surface area (Å²) in [7, 11) is 1.77. The average Bonchev–Trinajstić information content (AvgIpc) is 2.48. The van der Waals surface area contributed by atoms with Crippen molar-refractivity contribution in [3.05, 3.63) is 0 Å². The number of hydrogen-bond acceptors (Lipinski definition) is 4. The molecular weight excluding hydrogens is 238 g/mol. The fourth-order valence-corrected chi connectivity index (χ4v) is 2.27. The Labute approximate surface area is 107 Å². The smallest absolute Gasteiger partial charge is 0.241 e. The molecule has 2 N–H and O–H groups in total. The number of amides is 2. The summed E-state index contributed by atoms with van der Waals surface area (Å²) < 4.78 is 0. The predicted molar refractivity (Wildman–Crippen MR) is 69.8 cm³/mol. The van der Waals surface area contributed by atoms with Crippen LogP contribution in [0.1, 0.15) is 12.8 Å². The molecule has 1 fully saturated rings. The van der Waals surface area contributed by atoms with Gasteiger partial charge in [0.2, 0.25) is 11.8 Å². The highest BCUT2D eigenvalue weighted by Crippen LogP contribution is 2.07. The number of likely N-dealkylation sites (N-methyl/N-ethyl adjacent to an activating group) is 1. The van der Waals surface area contributed by atoms with Crippen LogP contribution >= 0.6 is 11.8 Å². The van der Waals surface area contributed by atoms with E-state index in [4.69, 9.17) is 5.73 Å². The highest BCUT2D eigenvalue weighted by atomic mass is 32.2. The molecule has 1 aliphatic rings. The molecule has 1 atom stereocenters. The van der Waals surface area contributed by atoms with Gasteiger partial charge in [0, 0.05) is 20.1 Å². The number of carbonyl (C=O) groups is 2. The molecule has 1 aliphatic heterocycles. The van der Waals surface area contributed by atoms with Crippen LogP contribution in [-0.4, -0.2) is 66.3 Å². The molecule has 0 aromatic rings. The molecular formula is C11H21N3O2S. The zero-order valence-corrected chi connectivity index (χ0v) is 11.3. The normalized spacial score (nSPS) is 19.1. The zero-order valence-electron chi connectivity index (χ0n) is 10.5. The molecule has 0 saturated carbocycles. The van der Waals surface area contributed by atoms with Crippen LogP contribution in [0.3, 0.4) is 0 Å². The minimum absolute atomic E-state index is 0.00656. The Kier molecular flexibility index (Phi) is 5.77. The van der Waals surface area contributed by atoms with Crippen LogP contribution in [0.25, 0.3) is 0 Å². The van der Waals surface area contributed by atoms with E-state index in [1.807, 2.05) is 6.26 Å². The topological polar surface area (TPSA) is 66.6 Å². The van der Waals surface area contributed by atoms with E-state index in [2.05, 4.69) is 0 Å². The van der Waals surface area contributed by atoms with Crippen molar-refractivity contribution in [2.75, 3.05) is 38.7 Å². The van der Waals surface area contributed by atoms with Gasteiger partial charge in [0.15, 0.2) is 0 Å². The Balaban J connectivity index is 2.53. The van der Waals surface area contributed by atoms with Crippen LogP contribution in [0.15, 0.2) is 0 Å². The Bertz CT molecular complexity index is 286. The van der Waals surface area contributed by atoms with E-state index in [1.54, 1.807) is 28.6 Å². The first-order valence-electron chi connectivity index (χ1n) is 5.83. The van der Waals surface area contributed by atoms with Crippen molar-refractivity contribution in [3.63, 3.8) is 0 Å². The summed E-state index contributed by atoms with van der Waals surface area (Å²) in [4.78, 5) is 26.9. The van der Waals surface area contributed by atoms with Gasteiger partial charge in [0.1, 0.15) is 0 Å². The first kappa shape index (κ1) is 14.3. The van der Waals surface area contributed by atoms with E-state index in [0.717, 1.165) is 12.2 Å². The highest BCUT2D eigenvalue weighted by Gasteiger charge is 2.26. The Morgan fingerprint density at radius 1 is 1.53 bits per heavy atom. The molecule has 98 valence electrons. The number of nitrogens with two attached hydrogens (primary N) is 1. The monoisotopic (exact) mass is 259 g/mol. The van der Waals surface area contributed by atoms with Crippen LogP contribution in [0.5, 0.6) is 0 Å². The molecule has 1 saturated heterocycles. The standard InChI is InChI=1S/C11H21N3O2S/c1-13-5-3-6-14(8-10(13)15)11(16)9(12)4-7-17-2/h9H,3-8,12H2,1-2H3/t9-/m0/s1. The summed E-state index contributed by atoms with van der Waals surface area (Å²) in [6.45, 7) is 1.51. The number of rotatable bonds is 4. The van der Waals surface area contributed by atoms with Crippen molar-refractivity contribution in [2.45, 2.75) is 18.9 Å². The molecule has 0 unspecified atom stereocenters. The maximum Gasteiger partial charge on any atom is 0.241 e. The van der Waals surface area contributed by atoms with E-state index >= 15 is 0 Å². The third-order valence-electron chi connectivity index (χ3n) is 2.94. The summed E-state index contributed by atoms with van der Waals surface area (Å²) in [5.41, 5.74) is 5.84. The van der Waals surface area contributed by atoms with Crippen molar-refractivity contribution in [1.82, 2.24) is 9.80 Å². The van der Waals surface area contributed by atoms with E-state index < -0.39 is 6.04 Å². The second kappa shape index (κ2) is 6.86. The third-order valence-corrected chi connectivity index (χ3v) is 3.58. The van der Waals surface area contributed by atoms with Gasteiger partial charge < -0.3 is 15.5 Å². The van der Waals surface area contributed by atoms with Gasteiger partial charge in [-0.05, 0) is 24.9 Å². The molecule has 0 aliphatic carbocycles. The molecule has 0 aromatic heterocycles. The second-order valence-electron chi connectivity index (χ2n) is 4.32. The van der Waals surface area contributed by atoms with Gasteiger partial charge in [-0.3, -0.25) is 9.59 Å². The van der Waals surface area contributed by atoms with Gasteiger partial charge >= 0.3 is 0 Å². The molecule has 0 spiro atoms. The second-order valence-corrected chi connectivity index (χ2v) is 5.30. The minimum Gasteiger partial charge on any atom is -0.344 e. The molecule has 0 radical (unpaired) electrons. The third kappa shape index (κ3) is 4.20. The Morgan fingerprint density at radius 2 is 2.24 bits per heavy atom. The minimum atomic E-state index is -0.473. The van der Waals surface area contributed by atoms with Crippen LogP contribution in [0.2, 0.25) is 0 Å². The maximum absolute atomic E-state index is 12.0. The summed E-state index contributed by atoms with van der Waals surface area (Å²) in [5, 5.41) is 0. The maximum atomic E-state index is 12.0. The molecule has 5 nitrogen and oxygen atoms in total. The van der Waals surface area contributed by atoms with Gasteiger partial charge in [-0.25, -0.2) is 0 Å². The number of thioether (sulfide) groups is 1. The Hall–Kier alpha value is -0.750. The lowest BCUT2D eigenvalue weighted by molar-refractivity contribution is -0.138. The van der Waals surface area contributed by atoms with Crippen molar-refractivity contribution in [1.29, 1.82) is 0 Å². The average molecular weight is 259 g/mol. The summed E-state index contributed by atoms with van der Waals surface area (Å²) in [5.74, 6) is 0.768. The van der Waals surface area contributed by atoms with Gasteiger partial charge in [0.05, 0.1) is 12.6 Å². The predicted octanol–water partition coefficient (Wildman–Crippen LogP) is -0.242. The van der Waals surface area contributed by atoms with Crippen molar-refractivity contribution >= 4 is 23.6 Å². The summed E-state index contributed by atoms with van der Waals surface area (Å²) in [6.07, 6.45) is 3.48. The molecule has 17 heavy (non-hydrogen) atoms. The van der Waals surface area contributed by atoms with E-state index in [9.17, 15) is 9.59 Å². The van der Waals surface area contributed by atoms with Gasteiger partial charge in [-0.2, -0.15) is 11.8 Å². The van der Waals surface area contributed by atoms with Crippen LogP contribution in [0, 0.1) is 0 Å². The fraction of sp³-hybridized carbons (Fsp3) is 0.818. The number of hydrogen-bond donors (Lipinski definition) is 1. The first-order valence-corrected chi connectivity index (χ1v) is 7.23. The van der Waals surface area contributed by atoms with E-state index in [-0.39, 0.29) is 18.4 Å². The molecule has 0 bridgehead atoms. The zero-order chi connectivity index (χ0) is 12.8. The SMILES string of the molecule is CSCC[C@H](N)C(=O)N1CCCN(C)C(=O)C1. The summed E-state index contributed by atoms with van der Waals surface area (Å²) in [6, 6.07) is -0.473. The van der Waals surface area contributed by atoms with Gasteiger partial charge in [-0.1, -0.05) is 0 Å². The summed E-state index contributed by atoms with van der Waals surface area (Å²) >= 11 is 1.67. The lowest BCUT2D eigenvalue weighted by Crippen LogP contribution is -2.46. The van der Waals surface area contributed by atoms with Gasteiger partial charge in [-0.15, -0.1) is 0 Å². The van der Waals surface area contributed by atoms with Gasteiger partial charge in [0.25, 0.3) is 0 Å². The Morgan fingerprint density at radius 3 is 2.88 bits per heavy atom. The first-order chi connectivity index (χ1) is 8.06. The van der Waals surface area contributed by atoms with Crippen molar-refractivity contribution in [3.8, 4) is 0 Å². The lowest BCUT2D eigenvalue weighted by atomic mass is 10.2. The molecule has 1 rings (SSSR count). The van der Waals surface area contributed by atoms with Crippen LogP contribution in [-0.2, 0) is 9.59 Å². The van der Waals surface area contributed by atoms with E-state index in [0.29, 0.717) is 19.5 Å². The van der Waals surface area contributed by atoms with Crippen molar-refractivity contribution < 1.29 is 9.59 Å². The highest BCUT2D eigenvalue weighted by molar-refractivity contribution is 7.98. The molecule has 0 aromatic carbocycles. The van der Waals surface area contributed by atoms with Crippen molar-refractivity contribution in [2.24, 2.45) is 5.73 Å². The van der Waals surface area contributed by atoms with Crippen LogP contribution in [0.4, 0.5) is 0 Å². The number of nitrogens with zero attached hydrogens (tertiary/aromatic N) is 2. The van der Waals surface area contributed by atoms with Crippen LogP contribution < -0.4 is 5.73 Å². The molecule has 2 amide bonds. The quantitative estimate of drug-likeness (QED) is 0.756. The lowest BCUT2D eigenvalue weighted by Gasteiger charge is -2.23. The largest absolute Gasteiger partial charge is 0.344 e. The molecule has 1 heterocycles. The number of carbonyl (C=O) groups excluding carboxylic acids is 2. The van der Waals surface area contributed by atoms with E-state index in [1.165, 1.54) is 0 Å². The fourth-order valence-electron chi connectivity index (χ4n) is 1.78.